The molecule has 1 aromatic carbocycles. The van der Waals surface area contributed by atoms with Gasteiger partial charge in [0.2, 0.25) is 0 Å². The van der Waals surface area contributed by atoms with Crippen LogP contribution in [0.5, 0.6) is 0 Å². The number of halogens is 1. The van der Waals surface area contributed by atoms with Gasteiger partial charge in [-0.05, 0) is 36.2 Å². The number of carbonyl (C=O) groups excluding carboxylic acids is 1. The molecule has 0 saturated carbocycles. The molecule has 2 N–H and O–H groups in total. The summed E-state index contributed by atoms with van der Waals surface area (Å²) < 4.78 is 0. The van der Waals surface area contributed by atoms with E-state index in [0.29, 0.717) is 23.7 Å². The third-order valence-electron chi connectivity index (χ3n) is 4.26. The predicted molar refractivity (Wildman–Crippen MR) is 93.4 cm³/mol. The van der Waals surface area contributed by atoms with Crippen molar-refractivity contribution in [1.82, 2.24) is 15.2 Å². The van der Waals surface area contributed by atoms with Gasteiger partial charge in [0.05, 0.1) is 17.7 Å². The van der Waals surface area contributed by atoms with Crippen molar-refractivity contribution in [3.05, 3.63) is 64.9 Å². The van der Waals surface area contributed by atoms with Crippen LogP contribution in [0.1, 0.15) is 23.7 Å². The molecule has 0 bridgehead atoms. The minimum absolute atomic E-state index is 0.214. The fourth-order valence-electron chi connectivity index (χ4n) is 2.92. The zero-order chi connectivity index (χ0) is 17.8. The van der Waals surface area contributed by atoms with Gasteiger partial charge < -0.3 is 15.3 Å². The van der Waals surface area contributed by atoms with Gasteiger partial charge in [0, 0.05) is 24.3 Å². The maximum atomic E-state index is 12.6. The third-order valence-corrected chi connectivity index (χ3v) is 4.49. The summed E-state index contributed by atoms with van der Waals surface area (Å²) in [6.45, 7) is 0.638. The third kappa shape index (κ3) is 4.09. The average molecular weight is 360 g/mol. The van der Waals surface area contributed by atoms with Crippen LogP contribution >= 0.6 is 11.6 Å². The normalized spacial score (nSPS) is 18.0. The van der Waals surface area contributed by atoms with Gasteiger partial charge in [0.15, 0.2) is 0 Å². The van der Waals surface area contributed by atoms with Gasteiger partial charge in [-0.25, -0.2) is 4.79 Å². The molecular weight excluding hydrogens is 342 g/mol. The van der Waals surface area contributed by atoms with Crippen molar-refractivity contribution in [3.8, 4) is 0 Å². The maximum absolute atomic E-state index is 12.6. The average Bonchev–Trinajstić information content (AvgIpc) is 3.11. The van der Waals surface area contributed by atoms with E-state index >= 15 is 0 Å². The Labute approximate surface area is 150 Å². The van der Waals surface area contributed by atoms with Crippen LogP contribution in [-0.4, -0.2) is 40.1 Å². The number of carbonyl (C=O) groups is 2. The highest BCUT2D eigenvalue weighted by atomic mass is 35.5. The molecule has 7 heteroatoms. The maximum Gasteiger partial charge on any atom is 0.318 e. The van der Waals surface area contributed by atoms with Crippen molar-refractivity contribution >= 4 is 23.6 Å². The lowest BCUT2D eigenvalue weighted by molar-refractivity contribution is -0.141. The summed E-state index contributed by atoms with van der Waals surface area (Å²) in [5.41, 5.74) is 1.50. The van der Waals surface area contributed by atoms with Gasteiger partial charge in [-0.2, -0.15) is 0 Å². The molecule has 3 rings (SSSR count). The molecule has 1 saturated heterocycles. The molecule has 1 aromatic heterocycles. The highest BCUT2D eigenvalue weighted by molar-refractivity contribution is 6.30. The summed E-state index contributed by atoms with van der Waals surface area (Å²) in [5, 5.41) is 12.6. The van der Waals surface area contributed by atoms with E-state index in [-0.39, 0.29) is 12.6 Å². The van der Waals surface area contributed by atoms with Crippen molar-refractivity contribution in [2.24, 2.45) is 5.92 Å². The summed E-state index contributed by atoms with van der Waals surface area (Å²) in [7, 11) is 0. The van der Waals surface area contributed by atoms with Crippen molar-refractivity contribution in [3.63, 3.8) is 0 Å². The number of hydrogen-bond acceptors (Lipinski definition) is 3. The Morgan fingerprint density at radius 1 is 1.28 bits per heavy atom. The molecule has 1 fully saturated rings. The standard InChI is InChI=1S/C18H18ClN3O3/c19-14-5-3-4-12(10-14)16(15-6-1-2-8-20-15)21-18(25)22-9-7-13(11-22)17(23)24/h1-6,8,10,13,16H,7,9,11H2,(H,21,25)(H,23,24). The Hall–Kier alpha value is -2.60. The molecule has 2 unspecified atom stereocenters. The minimum atomic E-state index is -0.869. The van der Waals surface area contributed by atoms with Gasteiger partial charge in [0.25, 0.3) is 0 Å². The molecule has 0 aliphatic carbocycles. The number of aromatic nitrogens is 1. The Balaban J connectivity index is 1.81. The first-order chi connectivity index (χ1) is 12.0. The second-order valence-electron chi connectivity index (χ2n) is 5.96. The monoisotopic (exact) mass is 359 g/mol. The smallest absolute Gasteiger partial charge is 0.318 e. The molecule has 130 valence electrons. The quantitative estimate of drug-likeness (QED) is 0.879. The van der Waals surface area contributed by atoms with Crippen LogP contribution in [0.15, 0.2) is 48.7 Å². The number of carboxylic acid groups (broad SMARTS) is 1. The first-order valence-corrected chi connectivity index (χ1v) is 8.37. The molecule has 0 radical (unpaired) electrons. The highest BCUT2D eigenvalue weighted by Gasteiger charge is 2.32. The van der Waals surface area contributed by atoms with E-state index in [0.717, 1.165) is 5.56 Å². The van der Waals surface area contributed by atoms with Crippen LogP contribution in [0.3, 0.4) is 0 Å². The van der Waals surface area contributed by atoms with Crippen LogP contribution < -0.4 is 5.32 Å². The number of carboxylic acids is 1. The lowest BCUT2D eigenvalue weighted by Crippen LogP contribution is -2.41. The number of urea groups is 1. The van der Waals surface area contributed by atoms with Crippen LogP contribution in [-0.2, 0) is 4.79 Å². The van der Waals surface area contributed by atoms with E-state index in [1.54, 1.807) is 24.4 Å². The van der Waals surface area contributed by atoms with E-state index in [1.165, 1.54) is 4.90 Å². The molecule has 2 atom stereocenters. The molecule has 0 spiro atoms. The number of likely N-dealkylation sites (tertiary alicyclic amines) is 1. The van der Waals surface area contributed by atoms with Gasteiger partial charge in [-0.1, -0.05) is 29.8 Å². The van der Waals surface area contributed by atoms with Crippen LogP contribution in [0.4, 0.5) is 4.79 Å². The Morgan fingerprint density at radius 3 is 2.76 bits per heavy atom. The second-order valence-corrected chi connectivity index (χ2v) is 6.40. The molecule has 1 aliphatic heterocycles. The lowest BCUT2D eigenvalue weighted by Gasteiger charge is -2.23. The van der Waals surface area contributed by atoms with E-state index in [4.69, 9.17) is 16.7 Å². The fourth-order valence-corrected chi connectivity index (χ4v) is 3.12. The van der Waals surface area contributed by atoms with Gasteiger partial charge in [0.1, 0.15) is 0 Å². The summed E-state index contributed by atoms with van der Waals surface area (Å²) in [6.07, 6.45) is 2.13. The van der Waals surface area contributed by atoms with Crippen LogP contribution in [0.2, 0.25) is 5.02 Å². The zero-order valence-electron chi connectivity index (χ0n) is 13.4. The van der Waals surface area contributed by atoms with Crippen molar-refractivity contribution < 1.29 is 14.7 Å². The Kier molecular flexibility index (Phi) is 5.19. The van der Waals surface area contributed by atoms with Gasteiger partial charge in [-0.3, -0.25) is 9.78 Å². The number of hydrogen-bond donors (Lipinski definition) is 2. The Morgan fingerprint density at radius 2 is 2.12 bits per heavy atom. The van der Waals surface area contributed by atoms with E-state index in [9.17, 15) is 9.59 Å². The number of nitrogens with zero attached hydrogens (tertiary/aromatic N) is 2. The summed E-state index contributed by atoms with van der Waals surface area (Å²) in [5.74, 6) is -1.38. The highest BCUT2D eigenvalue weighted by Crippen LogP contribution is 2.24. The molecule has 25 heavy (non-hydrogen) atoms. The number of pyridine rings is 1. The first-order valence-electron chi connectivity index (χ1n) is 7.99. The van der Waals surface area contributed by atoms with Gasteiger partial charge >= 0.3 is 12.0 Å². The summed E-state index contributed by atoms with van der Waals surface area (Å²) in [6, 6.07) is 11.9. The molecular formula is C18H18ClN3O3. The molecule has 2 heterocycles. The SMILES string of the molecule is O=C(O)C1CCN(C(=O)NC(c2cccc(Cl)c2)c2ccccn2)C1. The van der Waals surface area contributed by atoms with Crippen LogP contribution in [0.25, 0.3) is 0 Å². The predicted octanol–water partition coefficient (Wildman–Crippen LogP) is 2.94. The zero-order valence-corrected chi connectivity index (χ0v) is 14.2. The van der Waals surface area contributed by atoms with Crippen molar-refractivity contribution in [1.29, 1.82) is 0 Å². The number of aliphatic carboxylic acids is 1. The second kappa shape index (κ2) is 7.53. The molecule has 6 nitrogen and oxygen atoms in total. The van der Waals surface area contributed by atoms with E-state index in [2.05, 4.69) is 10.3 Å². The topological polar surface area (TPSA) is 82.5 Å². The fraction of sp³-hybridized carbons (Fsp3) is 0.278. The Bertz CT molecular complexity index is 769. The van der Waals surface area contributed by atoms with E-state index in [1.807, 2.05) is 24.3 Å². The molecule has 1 aliphatic rings. The molecule has 2 aromatic rings. The number of nitrogens with one attached hydrogen (secondary N) is 1. The van der Waals surface area contributed by atoms with Gasteiger partial charge in [-0.15, -0.1) is 0 Å². The van der Waals surface area contributed by atoms with Crippen molar-refractivity contribution in [2.75, 3.05) is 13.1 Å². The molecule has 2 amide bonds. The lowest BCUT2D eigenvalue weighted by atomic mass is 10.0. The first kappa shape index (κ1) is 17.2. The minimum Gasteiger partial charge on any atom is -0.481 e. The number of amides is 2. The largest absolute Gasteiger partial charge is 0.481 e. The van der Waals surface area contributed by atoms with Crippen LogP contribution in [0, 0.1) is 5.92 Å². The summed E-state index contributed by atoms with van der Waals surface area (Å²) >= 11 is 6.09. The summed E-state index contributed by atoms with van der Waals surface area (Å²) in [4.78, 5) is 29.6. The number of benzene rings is 1. The van der Waals surface area contributed by atoms with Crippen molar-refractivity contribution in [2.45, 2.75) is 12.5 Å². The number of rotatable bonds is 4. The van der Waals surface area contributed by atoms with E-state index < -0.39 is 17.9 Å².